The maximum atomic E-state index is 13.7. The molecule has 1 aliphatic carbocycles. The van der Waals surface area contributed by atoms with E-state index in [1.807, 2.05) is 22.9 Å². The second-order valence-electron chi connectivity index (χ2n) is 7.25. The highest BCUT2D eigenvalue weighted by atomic mass is 19.1. The Morgan fingerprint density at radius 3 is 3.00 bits per heavy atom. The molecule has 6 heteroatoms. The van der Waals surface area contributed by atoms with Crippen molar-refractivity contribution < 1.29 is 4.39 Å². The zero-order chi connectivity index (χ0) is 18.1. The largest absolute Gasteiger partial charge is 0.351 e. The predicted molar refractivity (Wildman–Crippen MR) is 101 cm³/mol. The van der Waals surface area contributed by atoms with Gasteiger partial charge in [0.25, 0.3) is 0 Å². The van der Waals surface area contributed by atoms with Gasteiger partial charge in [-0.3, -0.25) is 0 Å². The highest BCUT2D eigenvalue weighted by Gasteiger charge is 2.18. The molecule has 0 saturated carbocycles. The highest BCUT2D eigenvalue weighted by molar-refractivity contribution is 5.81. The van der Waals surface area contributed by atoms with E-state index in [4.69, 9.17) is 0 Å². The summed E-state index contributed by atoms with van der Waals surface area (Å²) in [6.45, 7) is 3.26. The Morgan fingerprint density at radius 1 is 1.27 bits per heavy atom. The lowest BCUT2D eigenvalue weighted by Gasteiger charge is -2.16. The van der Waals surface area contributed by atoms with Crippen LogP contribution in [0.4, 0.5) is 10.3 Å². The van der Waals surface area contributed by atoms with Crippen molar-refractivity contribution in [2.24, 2.45) is 0 Å². The molecule has 134 valence electrons. The number of aryl methyl sites for hydroxylation is 1. The molecule has 0 spiro atoms. The van der Waals surface area contributed by atoms with Crippen LogP contribution in [-0.2, 0) is 6.42 Å². The Hall–Kier alpha value is -2.76. The van der Waals surface area contributed by atoms with E-state index in [1.165, 1.54) is 13.8 Å². The number of anilines is 1. The first-order valence-electron chi connectivity index (χ1n) is 8.92. The molecular formula is C20H22FN5. The predicted octanol–water partition coefficient (Wildman–Crippen LogP) is 4.05. The summed E-state index contributed by atoms with van der Waals surface area (Å²) in [5.41, 5.74) is 3.94. The zero-order valence-electron chi connectivity index (χ0n) is 15.0. The van der Waals surface area contributed by atoms with E-state index >= 15 is 0 Å². The SMILES string of the molecule is CC(C)(F)CNc1ncc2c(n1)CCCC=C2c1ccc2nccn2c1. The van der Waals surface area contributed by atoms with Crippen LogP contribution in [-0.4, -0.2) is 31.6 Å². The molecule has 0 unspecified atom stereocenters. The minimum Gasteiger partial charge on any atom is -0.351 e. The first-order chi connectivity index (χ1) is 12.5. The molecule has 3 aromatic heterocycles. The second-order valence-corrected chi connectivity index (χ2v) is 7.25. The summed E-state index contributed by atoms with van der Waals surface area (Å²) in [4.78, 5) is 13.4. The fourth-order valence-electron chi connectivity index (χ4n) is 3.19. The maximum absolute atomic E-state index is 13.7. The molecule has 3 heterocycles. The van der Waals surface area contributed by atoms with Crippen LogP contribution in [0.5, 0.6) is 0 Å². The molecule has 0 amide bonds. The van der Waals surface area contributed by atoms with Crippen molar-refractivity contribution in [2.45, 2.75) is 38.8 Å². The van der Waals surface area contributed by atoms with Crippen LogP contribution >= 0.6 is 0 Å². The number of aromatic nitrogens is 4. The number of imidazole rings is 1. The van der Waals surface area contributed by atoms with Gasteiger partial charge in [-0.15, -0.1) is 0 Å². The zero-order valence-corrected chi connectivity index (χ0v) is 15.0. The van der Waals surface area contributed by atoms with Crippen LogP contribution in [0.1, 0.15) is 43.5 Å². The summed E-state index contributed by atoms with van der Waals surface area (Å²) in [5.74, 6) is 0.487. The molecular weight excluding hydrogens is 329 g/mol. The van der Waals surface area contributed by atoms with Crippen LogP contribution in [0.25, 0.3) is 11.2 Å². The van der Waals surface area contributed by atoms with Crippen LogP contribution in [0.2, 0.25) is 0 Å². The number of hydrogen-bond acceptors (Lipinski definition) is 4. The van der Waals surface area contributed by atoms with Crippen molar-refractivity contribution in [3.63, 3.8) is 0 Å². The van der Waals surface area contributed by atoms with Crippen LogP contribution in [0.15, 0.2) is 43.0 Å². The summed E-state index contributed by atoms with van der Waals surface area (Å²) in [6.07, 6.45) is 12.8. The molecule has 1 aliphatic rings. The normalized spacial score (nSPS) is 14.7. The minimum atomic E-state index is -1.30. The number of alkyl halides is 1. The van der Waals surface area contributed by atoms with Crippen molar-refractivity contribution in [3.8, 4) is 0 Å². The van der Waals surface area contributed by atoms with Gasteiger partial charge in [0.2, 0.25) is 5.95 Å². The molecule has 1 N–H and O–H groups in total. The van der Waals surface area contributed by atoms with Gasteiger partial charge in [-0.05, 0) is 56.4 Å². The fraction of sp³-hybridized carbons (Fsp3) is 0.350. The highest BCUT2D eigenvalue weighted by Crippen LogP contribution is 2.30. The van der Waals surface area contributed by atoms with Crippen molar-refractivity contribution in [3.05, 3.63) is 59.8 Å². The van der Waals surface area contributed by atoms with Crippen molar-refractivity contribution in [2.75, 3.05) is 11.9 Å². The van der Waals surface area contributed by atoms with Gasteiger partial charge >= 0.3 is 0 Å². The van der Waals surface area contributed by atoms with Crippen LogP contribution < -0.4 is 5.32 Å². The number of pyridine rings is 1. The number of fused-ring (bicyclic) bond motifs is 2. The van der Waals surface area contributed by atoms with Gasteiger partial charge in [0, 0.05) is 30.4 Å². The summed E-state index contributed by atoms with van der Waals surface area (Å²) >= 11 is 0. The third-order valence-corrected chi connectivity index (χ3v) is 4.49. The molecule has 0 radical (unpaired) electrons. The molecule has 0 aromatic carbocycles. The van der Waals surface area contributed by atoms with E-state index in [9.17, 15) is 4.39 Å². The van der Waals surface area contributed by atoms with Gasteiger partial charge in [0.1, 0.15) is 11.3 Å². The monoisotopic (exact) mass is 351 g/mol. The molecule has 0 fully saturated rings. The maximum Gasteiger partial charge on any atom is 0.222 e. The molecule has 26 heavy (non-hydrogen) atoms. The Bertz CT molecular complexity index is 968. The van der Waals surface area contributed by atoms with Gasteiger partial charge in [-0.2, -0.15) is 0 Å². The Labute approximate surface area is 152 Å². The van der Waals surface area contributed by atoms with Crippen molar-refractivity contribution in [1.29, 1.82) is 0 Å². The van der Waals surface area contributed by atoms with Gasteiger partial charge in [-0.25, -0.2) is 19.3 Å². The number of rotatable bonds is 4. The first-order valence-corrected chi connectivity index (χ1v) is 8.92. The van der Waals surface area contributed by atoms with E-state index in [2.05, 4.69) is 38.6 Å². The summed E-state index contributed by atoms with van der Waals surface area (Å²) in [6, 6.07) is 4.10. The average Bonchev–Trinajstić information content (AvgIpc) is 2.97. The van der Waals surface area contributed by atoms with Crippen LogP contribution in [0.3, 0.4) is 0 Å². The van der Waals surface area contributed by atoms with E-state index in [0.717, 1.165) is 47.3 Å². The Balaban J connectivity index is 1.69. The third kappa shape index (κ3) is 3.45. The lowest BCUT2D eigenvalue weighted by atomic mass is 9.99. The van der Waals surface area contributed by atoms with Crippen molar-refractivity contribution >= 4 is 17.2 Å². The molecule has 5 nitrogen and oxygen atoms in total. The number of halogens is 1. The van der Waals surface area contributed by atoms with E-state index in [1.54, 1.807) is 6.20 Å². The molecule has 0 atom stereocenters. The van der Waals surface area contributed by atoms with E-state index < -0.39 is 5.67 Å². The quantitative estimate of drug-likeness (QED) is 0.770. The lowest BCUT2D eigenvalue weighted by molar-refractivity contribution is 0.234. The summed E-state index contributed by atoms with van der Waals surface area (Å²) in [7, 11) is 0. The van der Waals surface area contributed by atoms with Gasteiger partial charge in [0.05, 0.1) is 12.2 Å². The number of nitrogens with zero attached hydrogens (tertiary/aromatic N) is 4. The Kier molecular flexibility index (Phi) is 4.18. The van der Waals surface area contributed by atoms with Crippen molar-refractivity contribution in [1.82, 2.24) is 19.4 Å². The number of nitrogens with one attached hydrogen (secondary N) is 1. The third-order valence-electron chi connectivity index (χ3n) is 4.49. The standard InChI is InChI=1S/C20H22FN5/c1-20(2,21)13-24-19-23-11-16-15(5-3-4-6-17(16)25-19)14-7-8-18-22-9-10-26(18)12-14/h5,7-12H,3-4,6,13H2,1-2H3,(H,23,24,25). The van der Waals surface area contributed by atoms with Gasteiger partial charge < -0.3 is 9.72 Å². The summed E-state index contributed by atoms with van der Waals surface area (Å²) in [5, 5.41) is 3.00. The van der Waals surface area contributed by atoms with Gasteiger partial charge in [0.15, 0.2) is 0 Å². The molecule has 0 bridgehead atoms. The van der Waals surface area contributed by atoms with Crippen LogP contribution in [0, 0.1) is 0 Å². The summed E-state index contributed by atoms with van der Waals surface area (Å²) < 4.78 is 15.7. The average molecular weight is 351 g/mol. The van der Waals surface area contributed by atoms with E-state index in [0.29, 0.717) is 5.95 Å². The molecule has 0 saturated heterocycles. The number of hydrogen-bond donors (Lipinski definition) is 1. The molecule has 4 rings (SSSR count). The number of allylic oxidation sites excluding steroid dienone is 1. The first kappa shape index (κ1) is 16.7. The van der Waals surface area contributed by atoms with E-state index in [-0.39, 0.29) is 6.54 Å². The molecule has 0 aliphatic heterocycles. The van der Waals surface area contributed by atoms with Gasteiger partial charge in [-0.1, -0.05) is 6.08 Å². The lowest BCUT2D eigenvalue weighted by Crippen LogP contribution is -2.25. The molecule has 3 aromatic rings. The Morgan fingerprint density at radius 2 is 2.15 bits per heavy atom. The minimum absolute atomic E-state index is 0.186. The smallest absolute Gasteiger partial charge is 0.222 e. The fourth-order valence-corrected chi connectivity index (χ4v) is 3.19. The topological polar surface area (TPSA) is 55.1 Å². The second kappa shape index (κ2) is 6.52.